The molecule has 138 valence electrons. The third-order valence-corrected chi connectivity index (χ3v) is 4.11. The first-order chi connectivity index (χ1) is 12.3. The van der Waals surface area contributed by atoms with Crippen molar-refractivity contribution in [1.29, 1.82) is 0 Å². The molecule has 2 rings (SSSR count). The summed E-state index contributed by atoms with van der Waals surface area (Å²) >= 11 is 0. The molecular weight excluding hydrogens is 328 g/mol. The molecule has 0 fully saturated rings. The summed E-state index contributed by atoms with van der Waals surface area (Å²) in [5.41, 5.74) is 1.46. The second kappa shape index (κ2) is 8.52. The van der Waals surface area contributed by atoms with Gasteiger partial charge in [-0.1, -0.05) is 42.0 Å². The van der Waals surface area contributed by atoms with Gasteiger partial charge in [0.05, 0.1) is 12.3 Å². The second-order valence-corrected chi connectivity index (χ2v) is 6.68. The van der Waals surface area contributed by atoms with E-state index < -0.39 is 5.41 Å². The lowest BCUT2D eigenvalue weighted by molar-refractivity contribution is -0.138. The van der Waals surface area contributed by atoms with E-state index in [4.69, 9.17) is 4.74 Å². The lowest BCUT2D eigenvalue weighted by atomic mass is 9.90. The summed E-state index contributed by atoms with van der Waals surface area (Å²) in [4.78, 5) is 25.2. The van der Waals surface area contributed by atoms with Crippen LogP contribution in [0.5, 0.6) is 5.75 Å². The molecule has 0 saturated heterocycles. The number of rotatable bonds is 7. The maximum absolute atomic E-state index is 12.7. The van der Waals surface area contributed by atoms with Crippen molar-refractivity contribution in [3.8, 4) is 5.75 Å². The number of hydrogen-bond donors (Lipinski definition) is 2. The molecule has 0 bridgehead atoms. The largest absolute Gasteiger partial charge is 0.492 e. The van der Waals surface area contributed by atoms with Crippen LogP contribution < -0.4 is 15.4 Å². The molecule has 0 radical (unpaired) electrons. The van der Waals surface area contributed by atoms with E-state index >= 15 is 0 Å². The maximum Gasteiger partial charge on any atom is 0.239 e. The molecule has 2 aromatic rings. The van der Waals surface area contributed by atoms with E-state index in [-0.39, 0.29) is 11.8 Å². The number of carbonyl (C=O) groups excluding carboxylic acids is 2. The van der Waals surface area contributed by atoms with Gasteiger partial charge in [-0.2, -0.15) is 0 Å². The number of nitrogens with one attached hydrogen (secondary N) is 2. The van der Waals surface area contributed by atoms with Crippen LogP contribution in [0.3, 0.4) is 0 Å². The first kappa shape index (κ1) is 19.5. The van der Waals surface area contributed by atoms with Crippen molar-refractivity contribution < 1.29 is 14.3 Å². The highest BCUT2D eigenvalue weighted by Crippen LogP contribution is 2.26. The van der Waals surface area contributed by atoms with Crippen LogP contribution in [-0.2, 0) is 16.1 Å². The van der Waals surface area contributed by atoms with Gasteiger partial charge >= 0.3 is 0 Å². The minimum Gasteiger partial charge on any atom is -0.492 e. The third-order valence-electron chi connectivity index (χ3n) is 4.11. The zero-order chi connectivity index (χ0) is 19.2. The molecule has 2 aromatic carbocycles. The predicted octanol–water partition coefficient (Wildman–Crippen LogP) is 3.67. The van der Waals surface area contributed by atoms with Crippen molar-refractivity contribution in [1.82, 2.24) is 5.32 Å². The summed E-state index contributed by atoms with van der Waals surface area (Å²) in [6, 6.07) is 15.1. The number of ether oxygens (including phenoxy) is 1. The smallest absolute Gasteiger partial charge is 0.239 e. The van der Waals surface area contributed by atoms with Gasteiger partial charge in [0, 0.05) is 6.54 Å². The van der Waals surface area contributed by atoms with Crippen LogP contribution in [0.25, 0.3) is 0 Å². The van der Waals surface area contributed by atoms with Gasteiger partial charge in [0.15, 0.2) is 0 Å². The van der Waals surface area contributed by atoms with Crippen LogP contribution in [0.1, 0.15) is 31.9 Å². The third kappa shape index (κ3) is 4.85. The lowest BCUT2D eigenvalue weighted by Crippen LogP contribution is -2.44. The Morgan fingerprint density at radius 3 is 2.46 bits per heavy atom. The summed E-state index contributed by atoms with van der Waals surface area (Å²) in [5.74, 6) is -0.129. The van der Waals surface area contributed by atoms with Crippen molar-refractivity contribution in [2.24, 2.45) is 5.41 Å². The molecule has 0 unspecified atom stereocenters. The van der Waals surface area contributed by atoms with Crippen molar-refractivity contribution in [2.75, 3.05) is 11.9 Å². The minimum absolute atomic E-state index is 0.328. The van der Waals surface area contributed by atoms with Crippen LogP contribution in [-0.4, -0.2) is 18.4 Å². The second-order valence-electron chi connectivity index (χ2n) is 6.68. The van der Waals surface area contributed by atoms with E-state index in [1.165, 1.54) is 0 Å². The summed E-state index contributed by atoms with van der Waals surface area (Å²) < 4.78 is 5.51. The molecule has 5 nitrogen and oxygen atoms in total. The van der Waals surface area contributed by atoms with Crippen LogP contribution in [0.4, 0.5) is 5.69 Å². The number of benzene rings is 2. The van der Waals surface area contributed by atoms with E-state index in [9.17, 15) is 9.59 Å². The van der Waals surface area contributed by atoms with E-state index in [1.54, 1.807) is 26.0 Å². The Bertz CT molecular complexity index is 784. The Morgan fingerprint density at radius 2 is 1.77 bits per heavy atom. The maximum atomic E-state index is 12.7. The van der Waals surface area contributed by atoms with Crippen molar-refractivity contribution in [3.63, 3.8) is 0 Å². The van der Waals surface area contributed by atoms with Gasteiger partial charge in [-0.25, -0.2) is 0 Å². The number of carbonyl (C=O) groups is 2. The Labute approximate surface area is 154 Å². The van der Waals surface area contributed by atoms with E-state index in [2.05, 4.69) is 10.6 Å². The lowest BCUT2D eigenvalue weighted by Gasteiger charge is -2.23. The fraction of sp³-hybridized carbons (Fsp3) is 0.333. The fourth-order valence-corrected chi connectivity index (χ4v) is 2.46. The Morgan fingerprint density at radius 1 is 1.04 bits per heavy atom. The molecule has 0 aliphatic heterocycles. The first-order valence-electron chi connectivity index (χ1n) is 8.71. The summed E-state index contributed by atoms with van der Waals surface area (Å²) in [6.07, 6.45) is 0. The molecule has 5 heteroatoms. The Balaban J connectivity index is 2.03. The van der Waals surface area contributed by atoms with Gasteiger partial charge in [-0.15, -0.1) is 0 Å². The number of hydrogen-bond acceptors (Lipinski definition) is 3. The first-order valence-corrected chi connectivity index (χ1v) is 8.71. The number of anilines is 1. The average Bonchev–Trinajstić information content (AvgIpc) is 2.61. The molecular formula is C21H26N2O3. The van der Waals surface area contributed by atoms with Crippen molar-refractivity contribution >= 4 is 17.5 Å². The summed E-state index contributed by atoms with van der Waals surface area (Å²) in [7, 11) is 0. The molecule has 26 heavy (non-hydrogen) atoms. The van der Waals surface area contributed by atoms with Gasteiger partial charge < -0.3 is 15.4 Å². The van der Waals surface area contributed by atoms with E-state index in [0.717, 1.165) is 11.1 Å². The van der Waals surface area contributed by atoms with Crippen LogP contribution in [0, 0.1) is 12.3 Å². The highest BCUT2D eigenvalue weighted by Gasteiger charge is 2.36. The Hall–Kier alpha value is -2.82. The minimum atomic E-state index is -1.22. The quantitative estimate of drug-likeness (QED) is 0.746. The molecule has 0 saturated carbocycles. The molecule has 2 amide bonds. The Kier molecular flexibility index (Phi) is 6.39. The van der Waals surface area contributed by atoms with Crippen molar-refractivity contribution in [2.45, 2.75) is 34.2 Å². The normalized spacial score (nSPS) is 10.9. The summed E-state index contributed by atoms with van der Waals surface area (Å²) in [6.45, 7) is 7.97. The van der Waals surface area contributed by atoms with Crippen molar-refractivity contribution in [3.05, 3.63) is 59.7 Å². The predicted molar refractivity (Wildman–Crippen MR) is 103 cm³/mol. The van der Waals surface area contributed by atoms with Crippen LogP contribution in [0.2, 0.25) is 0 Å². The highest BCUT2D eigenvalue weighted by atomic mass is 16.5. The zero-order valence-electron chi connectivity index (χ0n) is 15.8. The van der Waals surface area contributed by atoms with E-state index in [0.29, 0.717) is 24.6 Å². The molecule has 2 N–H and O–H groups in total. The molecule has 0 aliphatic carbocycles. The molecule has 0 aliphatic rings. The van der Waals surface area contributed by atoms with Gasteiger partial charge in [0.25, 0.3) is 0 Å². The SMILES string of the molecule is CCOc1ccccc1NC(=O)C(C)(C)C(=O)NCc1cccc(C)c1. The van der Waals surface area contributed by atoms with Crippen LogP contribution in [0.15, 0.2) is 48.5 Å². The summed E-state index contributed by atoms with van der Waals surface area (Å²) in [5, 5.41) is 5.64. The monoisotopic (exact) mass is 354 g/mol. The molecule has 0 heterocycles. The van der Waals surface area contributed by atoms with Gasteiger partial charge in [0.1, 0.15) is 11.2 Å². The number of aryl methyl sites for hydroxylation is 1. The highest BCUT2D eigenvalue weighted by molar-refractivity contribution is 6.10. The van der Waals surface area contributed by atoms with E-state index in [1.807, 2.05) is 50.2 Å². The average molecular weight is 354 g/mol. The number of para-hydroxylation sites is 2. The fourth-order valence-electron chi connectivity index (χ4n) is 2.46. The van der Waals surface area contributed by atoms with Crippen LogP contribution >= 0.6 is 0 Å². The topological polar surface area (TPSA) is 67.4 Å². The van der Waals surface area contributed by atoms with Gasteiger partial charge in [-0.3, -0.25) is 9.59 Å². The molecule has 0 atom stereocenters. The van der Waals surface area contributed by atoms with Gasteiger partial charge in [0.2, 0.25) is 11.8 Å². The molecule has 0 aromatic heterocycles. The molecule has 0 spiro atoms. The number of amides is 2. The van der Waals surface area contributed by atoms with Gasteiger partial charge in [-0.05, 0) is 45.4 Å². The zero-order valence-corrected chi connectivity index (χ0v) is 15.8. The standard InChI is InChI=1S/C21H26N2O3/c1-5-26-18-12-7-6-11-17(18)23-20(25)21(3,4)19(24)22-14-16-10-8-9-15(2)13-16/h6-13H,5,14H2,1-4H3,(H,22,24)(H,23,25).